The summed E-state index contributed by atoms with van der Waals surface area (Å²) >= 11 is 0. The highest BCUT2D eigenvalue weighted by Gasteiger charge is 2.21. The third-order valence-corrected chi connectivity index (χ3v) is 5.66. The van der Waals surface area contributed by atoms with E-state index in [4.69, 9.17) is 18.9 Å². The van der Waals surface area contributed by atoms with Gasteiger partial charge in [0.05, 0.1) is 34.0 Å². The van der Waals surface area contributed by atoms with E-state index in [1.54, 1.807) is 54.4 Å². The van der Waals surface area contributed by atoms with E-state index >= 15 is 0 Å². The monoisotopic (exact) mass is 471 g/mol. The number of carbonyl (C=O) groups excluding carboxylic acids is 2. The van der Waals surface area contributed by atoms with Gasteiger partial charge in [0.25, 0.3) is 0 Å². The number of nitrogens with zero attached hydrogens (tertiary/aromatic N) is 1. The number of ether oxygens (including phenoxy) is 4. The van der Waals surface area contributed by atoms with Crippen molar-refractivity contribution < 1.29 is 28.5 Å². The van der Waals surface area contributed by atoms with Gasteiger partial charge in [-0.1, -0.05) is 30.3 Å². The summed E-state index contributed by atoms with van der Waals surface area (Å²) in [6.07, 6.45) is 4.81. The van der Waals surface area contributed by atoms with E-state index in [2.05, 4.69) is 0 Å². The number of fused-ring (bicyclic) bond motifs is 1. The Morgan fingerprint density at radius 1 is 0.771 bits per heavy atom. The Morgan fingerprint density at radius 2 is 1.46 bits per heavy atom. The smallest absolute Gasteiger partial charge is 0.203 e. The normalized spacial score (nSPS) is 11.0. The number of aromatic nitrogens is 1. The minimum atomic E-state index is -0.235. The zero-order valence-corrected chi connectivity index (χ0v) is 19.9. The van der Waals surface area contributed by atoms with Gasteiger partial charge in [0.2, 0.25) is 5.75 Å². The molecule has 4 rings (SSSR count). The topological polar surface area (TPSA) is 76.0 Å². The minimum Gasteiger partial charge on any atom is -0.497 e. The third-order valence-electron chi connectivity index (χ3n) is 5.66. The van der Waals surface area contributed by atoms with Crippen LogP contribution in [0.4, 0.5) is 0 Å². The van der Waals surface area contributed by atoms with E-state index in [1.807, 2.05) is 30.3 Å². The molecule has 0 unspecified atom stereocenters. The molecule has 1 heterocycles. The van der Waals surface area contributed by atoms with Crippen LogP contribution in [0.3, 0.4) is 0 Å². The minimum absolute atomic E-state index is 0.146. The molecule has 0 spiro atoms. The van der Waals surface area contributed by atoms with Crippen LogP contribution in [0.25, 0.3) is 17.1 Å². The van der Waals surface area contributed by atoms with Crippen LogP contribution in [0.1, 0.15) is 26.3 Å². The van der Waals surface area contributed by atoms with Crippen molar-refractivity contribution >= 4 is 28.7 Å². The van der Waals surface area contributed by atoms with E-state index in [-0.39, 0.29) is 11.6 Å². The van der Waals surface area contributed by atoms with Gasteiger partial charge in [-0.2, -0.15) is 0 Å². The molecular formula is C28H25NO6. The zero-order chi connectivity index (χ0) is 24.9. The molecule has 178 valence electrons. The summed E-state index contributed by atoms with van der Waals surface area (Å²) in [6, 6.07) is 17.6. The number of methoxy groups -OCH3 is 4. The molecule has 0 saturated carbocycles. The fourth-order valence-electron chi connectivity index (χ4n) is 3.88. The molecule has 1 aromatic heterocycles. The quantitative estimate of drug-likeness (QED) is 0.245. The molecule has 0 amide bonds. The summed E-state index contributed by atoms with van der Waals surface area (Å²) < 4.78 is 23.3. The van der Waals surface area contributed by atoms with Crippen molar-refractivity contribution in [1.29, 1.82) is 0 Å². The number of hydrogen-bond donors (Lipinski definition) is 0. The summed E-state index contributed by atoms with van der Waals surface area (Å²) in [6.45, 7) is 0. The van der Waals surface area contributed by atoms with E-state index in [9.17, 15) is 9.59 Å². The standard InChI is InChI=1S/C28H25NO6/c1-32-20-10-11-21-22(27(31)19-14-25(33-2)28(35-4)26(15-19)34-3)17-29(23(21)16-20)13-12-24(30)18-8-6-5-7-9-18/h5-17H,1-4H3. The molecule has 0 aliphatic heterocycles. The highest BCUT2D eigenvalue weighted by Crippen LogP contribution is 2.39. The van der Waals surface area contributed by atoms with Crippen molar-refractivity contribution in [2.45, 2.75) is 0 Å². The molecule has 3 aromatic carbocycles. The second kappa shape index (κ2) is 10.2. The van der Waals surface area contributed by atoms with E-state index in [0.29, 0.717) is 45.1 Å². The summed E-state index contributed by atoms with van der Waals surface area (Å²) in [5.41, 5.74) is 2.12. The van der Waals surface area contributed by atoms with Crippen molar-refractivity contribution in [3.63, 3.8) is 0 Å². The third kappa shape index (κ3) is 4.61. The van der Waals surface area contributed by atoms with Gasteiger partial charge in [0, 0.05) is 46.6 Å². The second-order valence-corrected chi connectivity index (χ2v) is 7.62. The van der Waals surface area contributed by atoms with Gasteiger partial charge in [-0.15, -0.1) is 0 Å². The molecule has 35 heavy (non-hydrogen) atoms. The molecule has 0 atom stereocenters. The van der Waals surface area contributed by atoms with Gasteiger partial charge in [-0.05, 0) is 24.3 Å². The van der Waals surface area contributed by atoms with Crippen LogP contribution in [0, 0.1) is 0 Å². The number of carbonyl (C=O) groups is 2. The number of benzene rings is 3. The summed E-state index contributed by atoms with van der Waals surface area (Å²) in [7, 11) is 6.08. The maximum atomic E-state index is 13.6. The average Bonchev–Trinajstić information content (AvgIpc) is 3.28. The van der Waals surface area contributed by atoms with Gasteiger partial charge in [0.1, 0.15) is 5.75 Å². The van der Waals surface area contributed by atoms with Crippen LogP contribution in [0.2, 0.25) is 0 Å². The Bertz CT molecular complexity index is 1390. The first-order valence-corrected chi connectivity index (χ1v) is 10.8. The predicted molar refractivity (Wildman–Crippen MR) is 134 cm³/mol. The average molecular weight is 472 g/mol. The molecule has 7 heteroatoms. The number of allylic oxidation sites excluding steroid dienone is 1. The molecule has 4 aromatic rings. The van der Waals surface area contributed by atoms with Gasteiger partial charge in [-0.3, -0.25) is 9.59 Å². The van der Waals surface area contributed by atoms with Crippen molar-refractivity contribution in [3.8, 4) is 23.0 Å². The molecule has 0 N–H and O–H groups in total. The Kier molecular flexibility index (Phi) is 6.87. The van der Waals surface area contributed by atoms with Crippen molar-refractivity contribution in [2.24, 2.45) is 0 Å². The zero-order valence-electron chi connectivity index (χ0n) is 19.9. The van der Waals surface area contributed by atoms with Gasteiger partial charge >= 0.3 is 0 Å². The molecule has 0 saturated heterocycles. The number of rotatable bonds is 9. The highest BCUT2D eigenvalue weighted by molar-refractivity contribution is 6.17. The Labute approximate surface area is 203 Å². The van der Waals surface area contributed by atoms with Crippen LogP contribution in [0.15, 0.2) is 72.9 Å². The van der Waals surface area contributed by atoms with Crippen LogP contribution in [-0.2, 0) is 0 Å². The molecule has 0 aliphatic carbocycles. The Morgan fingerprint density at radius 3 is 2.06 bits per heavy atom. The first-order chi connectivity index (χ1) is 17.0. The summed E-state index contributed by atoms with van der Waals surface area (Å²) in [5, 5.41) is 0.710. The maximum Gasteiger partial charge on any atom is 0.203 e. The highest BCUT2D eigenvalue weighted by atomic mass is 16.5. The molecule has 0 radical (unpaired) electrons. The largest absolute Gasteiger partial charge is 0.497 e. The van der Waals surface area contributed by atoms with Gasteiger partial charge in [-0.25, -0.2) is 0 Å². The Balaban J connectivity index is 1.81. The van der Waals surface area contributed by atoms with Crippen LogP contribution in [-0.4, -0.2) is 44.6 Å². The molecular weight excluding hydrogens is 446 g/mol. The SMILES string of the molecule is COc1ccc2c(C(=O)c3cc(OC)c(OC)c(OC)c3)cn(C=CC(=O)c3ccccc3)c2c1. The fraction of sp³-hybridized carbons (Fsp3) is 0.143. The van der Waals surface area contributed by atoms with Crippen LogP contribution >= 0.6 is 0 Å². The number of ketones is 2. The lowest BCUT2D eigenvalue weighted by molar-refractivity contribution is 0.103. The lowest BCUT2D eigenvalue weighted by atomic mass is 10.0. The van der Waals surface area contributed by atoms with Crippen LogP contribution in [0.5, 0.6) is 23.0 Å². The lowest BCUT2D eigenvalue weighted by Gasteiger charge is -2.13. The molecule has 0 bridgehead atoms. The molecule has 0 aliphatic rings. The molecule has 0 fully saturated rings. The van der Waals surface area contributed by atoms with Crippen LogP contribution < -0.4 is 18.9 Å². The van der Waals surface area contributed by atoms with E-state index < -0.39 is 0 Å². The fourth-order valence-corrected chi connectivity index (χ4v) is 3.88. The van der Waals surface area contributed by atoms with Crippen molar-refractivity contribution in [1.82, 2.24) is 4.57 Å². The maximum absolute atomic E-state index is 13.6. The number of hydrogen-bond acceptors (Lipinski definition) is 6. The van der Waals surface area contributed by atoms with E-state index in [0.717, 1.165) is 5.52 Å². The van der Waals surface area contributed by atoms with Gasteiger partial charge in [0.15, 0.2) is 23.1 Å². The Hall–Kier alpha value is -4.52. The van der Waals surface area contributed by atoms with E-state index in [1.165, 1.54) is 27.4 Å². The first kappa shape index (κ1) is 23.6. The predicted octanol–water partition coefficient (Wildman–Crippen LogP) is 5.26. The van der Waals surface area contributed by atoms with Crippen molar-refractivity contribution in [3.05, 3.63) is 89.6 Å². The lowest BCUT2D eigenvalue weighted by Crippen LogP contribution is -2.04. The summed E-state index contributed by atoms with van der Waals surface area (Å²) in [5.74, 6) is 1.42. The first-order valence-electron chi connectivity index (χ1n) is 10.8. The molecule has 7 nitrogen and oxygen atoms in total. The summed E-state index contributed by atoms with van der Waals surface area (Å²) in [4.78, 5) is 26.2. The second-order valence-electron chi connectivity index (χ2n) is 7.62. The van der Waals surface area contributed by atoms with Gasteiger partial charge < -0.3 is 23.5 Å². The van der Waals surface area contributed by atoms with Crippen molar-refractivity contribution in [2.75, 3.05) is 28.4 Å².